The van der Waals surface area contributed by atoms with Crippen molar-refractivity contribution in [2.24, 2.45) is 0 Å². The Balaban J connectivity index is 1.42. The number of imidazole rings is 2. The predicted molar refractivity (Wildman–Crippen MR) is 102 cm³/mol. The highest BCUT2D eigenvalue weighted by Crippen LogP contribution is 2.31. The molecule has 0 aliphatic carbocycles. The summed E-state index contributed by atoms with van der Waals surface area (Å²) in [4.78, 5) is 9.23. The number of aromatic nitrogens is 4. The van der Waals surface area contributed by atoms with Crippen LogP contribution in [0.4, 0.5) is 0 Å². The van der Waals surface area contributed by atoms with Gasteiger partial charge >= 0.3 is 0 Å². The van der Waals surface area contributed by atoms with Crippen molar-refractivity contribution in [3.05, 3.63) is 66.1 Å². The topological polar surface area (TPSA) is 57.5 Å². The number of hydrogen-bond donors (Lipinski definition) is 0. The minimum Gasteiger partial charge on any atom is -0.455 e. The fourth-order valence-corrected chi connectivity index (χ4v) is 3.72. The van der Waals surface area contributed by atoms with Crippen LogP contribution in [0.5, 0.6) is 0 Å². The van der Waals surface area contributed by atoms with E-state index in [9.17, 15) is 0 Å². The molecule has 6 heteroatoms. The number of fused-ring (bicyclic) bond motifs is 1. The highest BCUT2D eigenvalue weighted by atomic mass is 16.5. The zero-order valence-electron chi connectivity index (χ0n) is 15.3. The Morgan fingerprint density at radius 2 is 2.15 bits per heavy atom. The molecule has 138 valence electrons. The molecule has 1 atom stereocenters. The third-order valence-electron chi connectivity index (χ3n) is 5.14. The fourth-order valence-electron chi connectivity index (χ4n) is 3.72. The van der Waals surface area contributed by atoms with E-state index in [4.69, 9.17) is 14.1 Å². The lowest BCUT2D eigenvalue weighted by Crippen LogP contribution is -2.10. The van der Waals surface area contributed by atoms with Gasteiger partial charge in [0.05, 0.1) is 12.2 Å². The third kappa shape index (κ3) is 3.06. The van der Waals surface area contributed by atoms with Crippen molar-refractivity contribution in [1.82, 2.24) is 18.9 Å². The van der Waals surface area contributed by atoms with E-state index < -0.39 is 0 Å². The summed E-state index contributed by atoms with van der Waals surface area (Å²) in [7, 11) is 0. The van der Waals surface area contributed by atoms with Gasteiger partial charge in [-0.25, -0.2) is 9.97 Å². The third-order valence-corrected chi connectivity index (χ3v) is 5.14. The molecule has 1 saturated heterocycles. The second-order valence-corrected chi connectivity index (χ2v) is 7.06. The second kappa shape index (κ2) is 6.70. The highest BCUT2D eigenvalue weighted by Gasteiger charge is 2.21. The Bertz CT molecular complexity index is 1070. The van der Waals surface area contributed by atoms with E-state index in [0.717, 1.165) is 48.1 Å². The summed E-state index contributed by atoms with van der Waals surface area (Å²) in [5.41, 5.74) is 3.12. The van der Waals surface area contributed by atoms with Crippen molar-refractivity contribution >= 4 is 5.65 Å². The van der Waals surface area contributed by atoms with Gasteiger partial charge in [-0.1, -0.05) is 6.07 Å². The maximum atomic E-state index is 6.09. The Hall–Kier alpha value is -2.86. The van der Waals surface area contributed by atoms with Crippen LogP contribution in [-0.4, -0.2) is 25.5 Å². The number of furan rings is 1. The van der Waals surface area contributed by atoms with Crippen molar-refractivity contribution < 1.29 is 9.15 Å². The largest absolute Gasteiger partial charge is 0.455 e. The summed E-state index contributed by atoms with van der Waals surface area (Å²) < 4.78 is 16.1. The minimum atomic E-state index is 0.0670. The average molecular weight is 362 g/mol. The number of hydrogen-bond acceptors (Lipinski definition) is 4. The number of rotatable bonds is 4. The van der Waals surface area contributed by atoms with E-state index in [1.165, 1.54) is 12.1 Å². The number of nitrogens with zero attached hydrogens (tertiary/aromatic N) is 4. The van der Waals surface area contributed by atoms with Gasteiger partial charge in [-0.05, 0) is 50.5 Å². The van der Waals surface area contributed by atoms with Crippen LogP contribution in [0.25, 0.3) is 17.2 Å². The Morgan fingerprint density at radius 3 is 3.00 bits per heavy atom. The van der Waals surface area contributed by atoms with Crippen molar-refractivity contribution in [3.8, 4) is 11.6 Å². The quantitative estimate of drug-likeness (QED) is 0.540. The molecular weight excluding hydrogens is 340 g/mol. The van der Waals surface area contributed by atoms with E-state index in [2.05, 4.69) is 33.1 Å². The smallest absolute Gasteiger partial charge is 0.176 e. The average Bonchev–Trinajstić information content (AvgIpc) is 3.42. The lowest BCUT2D eigenvalue weighted by atomic mass is 10.1. The SMILES string of the molecule is Cc1cccc2nc(Cn3ccnc3-c3ccc([C@H]4CCCCO4)o3)cn12. The minimum absolute atomic E-state index is 0.0670. The molecule has 5 heterocycles. The van der Waals surface area contributed by atoms with Crippen molar-refractivity contribution in [2.45, 2.75) is 38.8 Å². The molecule has 27 heavy (non-hydrogen) atoms. The normalized spacial score (nSPS) is 17.6. The van der Waals surface area contributed by atoms with E-state index in [1.54, 1.807) is 6.20 Å². The fraction of sp³-hybridized carbons (Fsp3) is 0.333. The molecule has 0 spiro atoms. The molecule has 4 aromatic heterocycles. The molecule has 0 radical (unpaired) electrons. The van der Waals surface area contributed by atoms with E-state index >= 15 is 0 Å². The van der Waals surface area contributed by atoms with Crippen LogP contribution in [0.15, 0.2) is 53.3 Å². The van der Waals surface area contributed by atoms with Crippen molar-refractivity contribution in [3.63, 3.8) is 0 Å². The molecule has 0 saturated carbocycles. The first kappa shape index (κ1) is 16.3. The predicted octanol–water partition coefficient (Wildman–Crippen LogP) is 4.39. The van der Waals surface area contributed by atoms with Gasteiger partial charge < -0.3 is 18.1 Å². The van der Waals surface area contributed by atoms with Gasteiger partial charge in [-0.15, -0.1) is 0 Å². The Kier molecular flexibility index (Phi) is 4.05. The molecule has 0 N–H and O–H groups in total. The first-order valence-electron chi connectivity index (χ1n) is 9.44. The summed E-state index contributed by atoms with van der Waals surface area (Å²) in [5, 5.41) is 0. The maximum absolute atomic E-state index is 6.09. The second-order valence-electron chi connectivity index (χ2n) is 7.06. The molecule has 1 fully saturated rings. The summed E-state index contributed by atoms with van der Waals surface area (Å²) in [6, 6.07) is 10.1. The summed E-state index contributed by atoms with van der Waals surface area (Å²) >= 11 is 0. The van der Waals surface area contributed by atoms with Gasteiger partial charge in [0.1, 0.15) is 17.5 Å². The molecule has 4 aromatic rings. The Morgan fingerprint density at radius 1 is 1.19 bits per heavy atom. The summed E-state index contributed by atoms with van der Waals surface area (Å²) in [6.07, 6.45) is 9.24. The van der Waals surface area contributed by atoms with E-state index in [-0.39, 0.29) is 6.10 Å². The van der Waals surface area contributed by atoms with E-state index in [0.29, 0.717) is 6.54 Å². The van der Waals surface area contributed by atoms with Crippen molar-refractivity contribution in [2.75, 3.05) is 6.61 Å². The molecule has 0 bridgehead atoms. The van der Waals surface area contributed by atoms with Crippen LogP contribution < -0.4 is 0 Å². The summed E-state index contributed by atoms with van der Waals surface area (Å²) in [6.45, 7) is 3.54. The van der Waals surface area contributed by atoms with E-state index in [1.807, 2.05) is 30.5 Å². The standard InChI is InChI=1S/C21H22N4O2/c1-15-5-4-7-20-23-16(14-25(15)20)13-24-11-10-22-21(24)19-9-8-18(27-19)17-6-2-3-12-26-17/h4-5,7-11,14,17H,2-3,6,12-13H2,1H3/t17-/m1/s1. The zero-order valence-corrected chi connectivity index (χ0v) is 15.3. The molecule has 6 nitrogen and oxygen atoms in total. The molecule has 5 rings (SSSR count). The molecular formula is C21H22N4O2. The Labute approximate surface area is 157 Å². The lowest BCUT2D eigenvalue weighted by molar-refractivity contribution is 0.00218. The van der Waals surface area contributed by atoms with Gasteiger partial charge in [-0.2, -0.15) is 0 Å². The van der Waals surface area contributed by atoms with Crippen LogP contribution in [0, 0.1) is 6.92 Å². The maximum Gasteiger partial charge on any atom is 0.176 e. The van der Waals surface area contributed by atoms with Crippen LogP contribution in [0.2, 0.25) is 0 Å². The summed E-state index contributed by atoms with van der Waals surface area (Å²) in [5.74, 6) is 2.47. The van der Waals surface area contributed by atoms with Crippen LogP contribution >= 0.6 is 0 Å². The lowest BCUT2D eigenvalue weighted by Gasteiger charge is -2.20. The van der Waals surface area contributed by atoms with Crippen LogP contribution in [0.3, 0.4) is 0 Å². The van der Waals surface area contributed by atoms with Gasteiger partial charge in [0.15, 0.2) is 11.6 Å². The van der Waals surface area contributed by atoms with Crippen LogP contribution in [0.1, 0.15) is 42.5 Å². The highest BCUT2D eigenvalue weighted by molar-refractivity contribution is 5.48. The van der Waals surface area contributed by atoms with Gasteiger partial charge in [0.2, 0.25) is 0 Å². The van der Waals surface area contributed by atoms with Crippen molar-refractivity contribution in [1.29, 1.82) is 0 Å². The zero-order chi connectivity index (χ0) is 18.2. The molecule has 1 aliphatic heterocycles. The van der Waals surface area contributed by atoms with Crippen LogP contribution in [-0.2, 0) is 11.3 Å². The molecule has 1 aliphatic rings. The number of aryl methyl sites for hydroxylation is 1. The van der Waals surface area contributed by atoms with Gasteiger partial charge in [0.25, 0.3) is 0 Å². The molecule has 0 unspecified atom stereocenters. The first-order valence-corrected chi connectivity index (χ1v) is 9.44. The molecule has 0 aromatic carbocycles. The monoisotopic (exact) mass is 362 g/mol. The molecule has 0 amide bonds. The van der Waals surface area contributed by atoms with Gasteiger partial charge in [-0.3, -0.25) is 0 Å². The number of ether oxygens (including phenoxy) is 1. The first-order chi connectivity index (χ1) is 13.3. The van der Waals surface area contributed by atoms with Gasteiger partial charge in [0, 0.05) is 30.9 Å². The number of pyridine rings is 1.